The smallest absolute Gasteiger partial charge is 0.152 e. The number of hydrogen-bond donors (Lipinski definition) is 1. The second-order valence-electron chi connectivity index (χ2n) is 8.85. The Hall–Kier alpha value is -0.740. The second kappa shape index (κ2) is 7.69. The van der Waals surface area contributed by atoms with E-state index in [4.69, 9.17) is 0 Å². The number of Topliss-reactive ketones (excluding diaryl/α,β-unsaturated/α-hetero) is 2. The molecule has 0 rings (SSSR count). The number of nitrogens with one attached hydrogen (secondary N) is 1. The first-order valence-electron chi connectivity index (χ1n) is 8.18. The van der Waals surface area contributed by atoms with E-state index in [2.05, 4.69) is 31.0 Å². The van der Waals surface area contributed by atoms with E-state index in [0.29, 0.717) is 13.1 Å². The van der Waals surface area contributed by atoms with Gasteiger partial charge < -0.3 is 5.32 Å². The molecule has 130 valence electrons. The number of nitrogens with zero attached hydrogens (tertiary/aromatic N) is 1. The average molecular weight is 312 g/mol. The summed E-state index contributed by atoms with van der Waals surface area (Å²) in [6, 6.07) is 0. The van der Waals surface area contributed by atoms with Gasteiger partial charge in [-0.2, -0.15) is 0 Å². The summed E-state index contributed by atoms with van der Waals surface area (Å²) in [6.45, 7) is 17.8. The van der Waals surface area contributed by atoms with Crippen molar-refractivity contribution in [2.75, 3.05) is 26.7 Å². The maximum atomic E-state index is 12.4. The largest absolute Gasteiger partial charge is 0.313 e. The molecule has 0 unspecified atom stereocenters. The Bertz CT molecular complexity index is 387. The number of carbonyl (C=O) groups is 2. The number of rotatable bonds is 8. The van der Waals surface area contributed by atoms with Crippen LogP contribution in [0.2, 0.25) is 0 Å². The van der Waals surface area contributed by atoms with Crippen LogP contribution in [-0.2, 0) is 9.59 Å². The summed E-state index contributed by atoms with van der Waals surface area (Å²) >= 11 is 0. The quantitative estimate of drug-likeness (QED) is 0.749. The van der Waals surface area contributed by atoms with E-state index in [1.54, 1.807) is 7.05 Å². The molecule has 0 aromatic heterocycles. The predicted molar refractivity (Wildman–Crippen MR) is 93.1 cm³/mol. The lowest BCUT2D eigenvalue weighted by Gasteiger charge is -2.38. The Labute approximate surface area is 137 Å². The topological polar surface area (TPSA) is 49.4 Å². The number of ketones is 2. The molecule has 22 heavy (non-hydrogen) atoms. The Morgan fingerprint density at radius 2 is 1.41 bits per heavy atom. The number of carbonyl (C=O) groups excluding carboxylic acids is 2. The molecule has 0 saturated carbocycles. The SMILES string of the molecule is CNCC(=O)C(C)(C)CCN(CC(=O)C(C)(C)C)C(C)(C)C. The second-order valence-corrected chi connectivity index (χ2v) is 8.85. The van der Waals surface area contributed by atoms with Gasteiger partial charge in [0.05, 0.1) is 13.1 Å². The van der Waals surface area contributed by atoms with Crippen LogP contribution in [0.4, 0.5) is 0 Å². The maximum Gasteiger partial charge on any atom is 0.152 e. The molecule has 0 spiro atoms. The lowest BCUT2D eigenvalue weighted by Crippen LogP contribution is -2.48. The molecule has 0 radical (unpaired) electrons. The van der Waals surface area contributed by atoms with E-state index < -0.39 is 0 Å². The van der Waals surface area contributed by atoms with Gasteiger partial charge in [-0.05, 0) is 34.2 Å². The molecule has 0 bridgehead atoms. The average Bonchev–Trinajstić information content (AvgIpc) is 2.31. The van der Waals surface area contributed by atoms with Crippen molar-refractivity contribution >= 4 is 11.6 Å². The minimum Gasteiger partial charge on any atom is -0.313 e. The summed E-state index contributed by atoms with van der Waals surface area (Å²) in [4.78, 5) is 26.7. The van der Waals surface area contributed by atoms with Crippen LogP contribution in [0, 0.1) is 10.8 Å². The van der Waals surface area contributed by atoms with Crippen molar-refractivity contribution in [3.63, 3.8) is 0 Å². The van der Waals surface area contributed by atoms with Gasteiger partial charge in [0.2, 0.25) is 0 Å². The zero-order chi connectivity index (χ0) is 17.8. The fourth-order valence-corrected chi connectivity index (χ4v) is 2.02. The zero-order valence-electron chi connectivity index (χ0n) is 16.1. The van der Waals surface area contributed by atoms with E-state index >= 15 is 0 Å². The molecule has 1 N–H and O–H groups in total. The highest BCUT2D eigenvalue weighted by Crippen LogP contribution is 2.25. The highest BCUT2D eigenvalue weighted by Gasteiger charge is 2.32. The highest BCUT2D eigenvalue weighted by molar-refractivity contribution is 5.86. The molecule has 4 heteroatoms. The third-order valence-electron chi connectivity index (χ3n) is 4.22. The van der Waals surface area contributed by atoms with Gasteiger partial charge in [0.1, 0.15) is 0 Å². The summed E-state index contributed by atoms with van der Waals surface area (Å²) in [5.74, 6) is 0.452. The van der Waals surface area contributed by atoms with Crippen molar-refractivity contribution < 1.29 is 9.59 Å². The van der Waals surface area contributed by atoms with Crippen LogP contribution in [-0.4, -0.2) is 48.7 Å². The van der Waals surface area contributed by atoms with Crippen LogP contribution in [0.5, 0.6) is 0 Å². The van der Waals surface area contributed by atoms with Gasteiger partial charge in [0.25, 0.3) is 0 Å². The van der Waals surface area contributed by atoms with Gasteiger partial charge in [0.15, 0.2) is 11.6 Å². The highest BCUT2D eigenvalue weighted by atomic mass is 16.1. The normalized spacial score (nSPS) is 13.5. The van der Waals surface area contributed by atoms with E-state index in [1.165, 1.54) is 0 Å². The Balaban J connectivity index is 4.90. The predicted octanol–water partition coefficient (Wildman–Crippen LogP) is 2.91. The number of hydrogen-bond acceptors (Lipinski definition) is 4. The lowest BCUT2D eigenvalue weighted by molar-refractivity contribution is -0.129. The molecular formula is C18H36N2O2. The van der Waals surface area contributed by atoms with Crippen molar-refractivity contribution in [2.24, 2.45) is 10.8 Å². The zero-order valence-corrected chi connectivity index (χ0v) is 16.1. The van der Waals surface area contributed by atoms with Crippen molar-refractivity contribution in [3.8, 4) is 0 Å². The molecule has 0 aliphatic rings. The van der Waals surface area contributed by atoms with E-state index in [-0.39, 0.29) is 27.9 Å². The lowest BCUT2D eigenvalue weighted by atomic mass is 9.83. The van der Waals surface area contributed by atoms with Crippen LogP contribution in [0.15, 0.2) is 0 Å². The molecule has 0 atom stereocenters. The van der Waals surface area contributed by atoms with Gasteiger partial charge in [-0.25, -0.2) is 0 Å². The molecule has 0 amide bonds. The van der Waals surface area contributed by atoms with Crippen LogP contribution in [0.25, 0.3) is 0 Å². The van der Waals surface area contributed by atoms with E-state index in [0.717, 1.165) is 13.0 Å². The third-order valence-corrected chi connectivity index (χ3v) is 4.22. The standard InChI is InChI=1S/C18H36N2O2/c1-16(2,3)15(22)13-20(17(4,5)6)11-10-18(7,8)14(21)12-19-9/h19H,10-13H2,1-9H3. The first kappa shape index (κ1) is 21.3. The minimum atomic E-state index is -0.378. The van der Waals surface area contributed by atoms with Crippen LogP contribution < -0.4 is 5.32 Å². The van der Waals surface area contributed by atoms with E-state index in [1.807, 2.05) is 34.6 Å². The van der Waals surface area contributed by atoms with Gasteiger partial charge in [0, 0.05) is 22.9 Å². The molecule has 0 aliphatic heterocycles. The van der Waals surface area contributed by atoms with Crippen LogP contribution in [0.3, 0.4) is 0 Å². The first-order valence-corrected chi connectivity index (χ1v) is 8.18. The van der Waals surface area contributed by atoms with Crippen molar-refractivity contribution in [1.29, 1.82) is 0 Å². The molecule has 0 fully saturated rings. The summed E-state index contributed by atoms with van der Waals surface area (Å²) in [6.07, 6.45) is 0.752. The molecule has 4 nitrogen and oxygen atoms in total. The third kappa shape index (κ3) is 7.01. The Morgan fingerprint density at radius 1 is 0.909 bits per heavy atom. The van der Waals surface area contributed by atoms with Gasteiger partial charge in [-0.3, -0.25) is 14.5 Å². The van der Waals surface area contributed by atoms with Crippen molar-refractivity contribution in [2.45, 2.75) is 67.3 Å². The van der Waals surface area contributed by atoms with Crippen molar-refractivity contribution in [3.05, 3.63) is 0 Å². The molecular weight excluding hydrogens is 276 g/mol. The van der Waals surface area contributed by atoms with E-state index in [9.17, 15) is 9.59 Å². The fourth-order valence-electron chi connectivity index (χ4n) is 2.02. The minimum absolute atomic E-state index is 0.0942. The molecule has 0 heterocycles. The fraction of sp³-hybridized carbons (Fsp3) is 0.889. The molecule has 0 aliphatic carbocycles. The van der Waals surface area contributed by atoms with Crippen LogP contribution in [0.1, 0.15) is 61.8 Å². The first-order chi connectivity index (χ1) is 9.71. The molecule has 0 saturated heterocycles. The van der Waals surface area contributed by atoms with Crippen LogP contribution >= 0.6 is 0 Å². The summed E-state index contributed by atoms with van der Waals surface area (Å²) in [5, 5.41) is 2.93. The van der Waals surface area contributed by atoms with Gasteiger partial charge >= 0.3 is 0 Å². The maximum absolute atomic E-state index is 12.4. The summed E-state index contributed by atoms with van der Waals surface area (Å²) in [7, 11) is 1.79. The Kier molecular flexibility index (Phi) is 7.43. The van der Waals surface area contributed by atoms with Crippen molar-refractivity contribution in [1.82, 2.24) is 10.2 Å². The summed E-state index contributed by atoms with van der Waals surface area (Å²) in [5.41, 5.74) is -0.804. The molecule has 0 aromatic rings. The van der Waals surface area contributed by atoms with Gasteiger partial charge in [-0.15, -0.1) is 0 Å². The summed E-state index contributed by atoms with van der Waals surface area (Å²) < 4.78 is 0. The van der Waals surface area contributed by atoms with Gasteiger partial charge in [-0.1, -0.05) is 34.6 Å². The molecule has 0 aromatic carbocycles. The monoisotopic (exact) mass is 312 g/mol. The number of likely N-dealkylation sites (N-methyl/N-ethyl adjacent to an activating group) is 1. The Morgan fingerprint density at radius 3 is 1.77 bits per heavy atom.